The third-order valence-corrected chi connectivity index (χ3v) is 1.04. The number of rotatable bonds is 0. The van der Waals surface area contributed by atoms with Gasteiger partial charge in [0.2, 0.25) is 0 Å². The molecule has 2 atom stereocenters. The Bertz CT molecular complexity index is 56.0. The van der Waals surface area contributed by atoms with Gasteiger partial charge in [-0.05, 0) is 13.8 Å². The summed E-state index contributed by atoms with van der Waals surface area (Å²) in [5.41, 5.74) is 0. The molecule has 0 aromatic rings. The van der Waals surface area contributed by atoms with Crippen LogP contribution < -0.4 is 0 Å². The summed E-state index contributed by atoms with van der Waals surface area (Å²) in [6.45, 7) is 3.77. The normalized spacial score (nSPS) is 42.0. The fourth-order valence-corrected chi connectivity index (χ4v) is 0.303. The van der Waals surface area contributed by atoms with E-state index >= 15 is 0 Å². The van der Waals surface area contributed by atoms with Crippen molar-refractivity contribution < 1.29 is 14.8 Å². The Morgan fingerprint density at radius 2 is 1.43 bits per heavy atom. The van der Waals surface area contributed by atoms with Crippen LogP contribution in [0, 0.1) is 0 Å². The second kappa shape index (κ2) is 1.78. The van der Waals surface area contributed by atoms with E-state index in [1.165, 1.54) is 0 Å². The molecule has 0 bridgehead atoms. The largest absolute Gasteiger partial charge is 0.200 e. The zero-order valence-electron chi connectivity index (χ0n) is 4.38. The molecule has 3 nitrogen and oxygen atoms in total. The van der Waals surface area contributed by atoms with Gasteiger partial charge in [0.25, 0.3) is 0 Å². The second-order valence-corrected chi connectivity index (χ2v) is 1.67. The summed E-state index contributed by atoms with van der Waals surface area (Å²) in [6.07, 6.45) is 0.139. The van der Waals surface area contributed by atoms with Crippen molar-refractivity contribution in [2.45, 2.75) is 26.1 Å². The van der Waals surface area contributed by atoms with Crippen LogP contribution in [0.15, 0.2) is 0 Å². The molecule has 3 heteroatoms. The molecule has 1 rings (SSSR count). The minimum absolute atomic E-state index is 0.0694. The average Bonchev–Trinajstić information content (AvgIpc) is 1.91. The monoisotopic (exact) mass is 104 g/mol. The Kier molecular flexibility index (Phi) is 1.27. The van der Waals surface area contributed by atoms with Crippen molar-refractivity contribution in [1.29, 1.82) is 0 Å². The summed E-state index contributed by atoms with van der Waals surface area (Å²) in [4.78, 5) is 9.09. The van der Waals surface area contributed by atoms with Gasteiger partial charge in [-0.25, -0.2) is 9.78 Å². The van der Waals surface area contributed by atoms with Crippen LogP contribution in [0.4, 0.5) is 0 Å². The van der Waals surface area contributed by atoms with Gasteiger partial charge in [-0.1, -0.05) is 5.04 Å². The third kappa shape index (κ3) is 0.907. The van der Waals surface area contributed by atoms with E-state index in [-0.39, 0.29) is 12.2 Å². The molecule has 0 aliphatic carbocycles. The highest BCUT2D eigenvalue weighted by molar-refractivity contribution is 4.56. The summed E-state index contributed by atoms with van der Waals surface area (Å²) in [5, 5.41) is 4.17. The van der Waals surface area contributed by atoms with Gasteiger partial charge in [-0.3, -0.25) is 0 Å². The lowest BCUT2D eigenvalue weighted by Crippen LogP contribution is -2.13. The van der Waals surface area contributed by atoms with Crippen molar-refractivity contribution in [3.8, 4) is 0 Å². The maximum Gasteiger partial charge on any atom is 0.122 e. The summed E-state index contributed by atoms with van der Waals surface area (Å²) < 4.78 is 0. The van der Waals surface area contributed by atoms with E-state index in [0.717, 1.165) is 0 Å². The highest BCUT2D eigenvalue weighted by Crippen LogP contribution is 2.11. The highest BCUT2D eigenvalue weighted by Gasteiger charge is 2.22. The highest BCUT2D eigenvalue weighted by atomic mass is 17.5. The van der Waals surface area contributed by atoms with Crippen molar-refractivity contribution >= 4 is 0 Å². The first-order valence-electron chi connectivity index (χ1n) is 2.29. The van der Waals surface area contributed by atoms with Crippen molar-refractivity contribution in [2.75, 3.05) is 0 Å². The van der Waals surface area contributed by atoms with Gasteiger partial charge in [-0.15, -0.1) is 0 Å². The van der Waals surface area contributed by atoms with Gasteiger partial charge < -0.3 is 0 Å². The van der Waals surface area contributed by atoms with E-state index in [1.54, 1.807) is 0 Å². The number of hydrogen-bond donors (Lipinski definition) is 0. The lowest BCUT2D eigenvalue weighted by molar-refractivity contribution is -0.464. The maximum atomic E-state index is 4.54. The quantitative estimate of drug-likeness (QED) is 0.422. The van der Waals surface area contributed by atoms with Gasteiger partial charge in [0.05, 0.1) is 0 Å². The molecule has 42 valence electrons. The predicted molar refractivity (Wildman–Crippen MR) is 22.2 cm³/mol. The Hall–Kier alpha value is -0.120. The molecule has 1 aliphatic rings. The number of hydrogen-bond acceptors (Lipinski definition) is 3. The lowest BCUT2D eigenvalue weighted by Gasteiger charge is -1.96. The minimum atomic E-state index is 0.0694. The van der Waals surface area contributed by atoms with Crippen LogP contribution in [-0.2, 0) is 14.8 Å². The molecule has 0 aromatic heterocycles. The Morgan fingerprint density at radius 1 is 1.00 bits per heavy atom. The molecule has 0 N–H and O–H groups in total. The van der Waals surface area contributed by atoms with Gasteiger partial charge in [-0.2, -0.15) is 0 Å². The van der Waals surface area contributed by atoms with Crippen LogP contribution in [0.5, 0.6) is 0 Å². The molecule has 1 aliphatic heterocycles. The van der Waals surface area contributed by atoms with E-state index < -0.39 is 0 Å². The summed E-state index contributed by atoms with van der Waals surface area (Å²) >= 11 is 0. The van der Waals surface area contributed by atoms with Crippen LogP contribution in [0.2, 0.25) is 0 Å². The summed E-state index contributed by atoms with van der Waals surface area (Å²) in [5.74, 6) is 0. The second-order valence-electron chi connectivity index (χ2n) is 1.67. The van der Waals surface area contributed by atoms with Gasteiger partial charge >= 0.3 is 0 Å². The van der Waals surface area contributed by atoms with E-state index in [1.807, 2.05) is 13.8 Å². The van der Waals surface area contributed by atoms with Crippen LogP contribution in [-0.4, -0.2) is 12.2 Å². The zero-order valence-corrected chi connectivity index (χ0v) is 4.38. The molecule has 1 fully saturated rings. The van der Waals surface area contributed by atoms with Crippen LogP contribution in [0.25, 0.3) is 0 Å². The molecule has 1 saturated heterocycles. The van der Waals surface area contributed by atoms with E-state index in [9.17, 15) is 0 Å². The molecular formula is C4H8O3. The standard InChI is InChI=1S/C4H8O3/c1-3-4(2)6-7-5-3/h3-4H,1-2H3/t3-,4+. The summed E-state index contributed by atoms with van der Waals surface area (Å²) in [7, 11) is 0. The van der Waals surface area contributed by atoms with Gasteiger partial charge in [0.15, 0.2) is 0 Å². The van der Waals surface area contributed by atoms with E-state index in [2.05, 4.69) is 14.8 Å². The first-order valence-corrected chi connectivity index (χ1v) is 2.29. The molecule has 0 radical (unpaired) electrons. The maximum absolute atomic E-state index is 4.54. The Labute approximate surface area is 42.0 Å². The van der Waals surface area contributed by atoms with Gasteiger partial charge in [0.1, 0.15) is 12.2 Å². The smallest absolute Gasteiger partial charge is 0.122 e. The minimum Gasteiger partial charge on any atom is -0.200 e. The van der Waals surface area contributed by atoms with E-state index in [0.29, 0.717) is 0 Å². The van der Waals surface area contributed by atoms with E-state index in [4.69, 9.17) is 0 Å². The SMILES string of the molecule is C[C@@H]1OOO[C@@H]1C. The Morgan fingerprint density at radius 3 is 1.57 bits per heavy atom. The zero-order chi connectivity index (χ0) is 5.28. The topological polar surface area (TPSA) is 27.7 Å². The molecular weight excluding hydrogens is 96.0 g/mol. The average molecular weight is 104 g/mol. The molecule has 1 heterocycles. The molecule has 0 spiro atoms. The predicted octanol–water partition coefficient (Wildman–Crippen LogP) is 0.657. The third-order valence-electron chi connectivity index (χ3n) is 1.04. The lowest BCUT2D eigenvalue weighted by atomic mass is 10.3. The molecule has 0 amide bonds. The van der Waals surface area contributed by atoms with Crippen LogP contribution in [0.3, 0.4) is 0 Å². The summed E-state index contributed by atoms with van der Waals surface area (Å²) in [6, 6.07) is 0. The van der Waals surface area contributed by atoms with Crippen molar-refractivity contribution in [1.82, 2.24) is 0 Å². The van der Waals surface area contributed by atoms with Crippen molar-refractivity contribution in [3.05, 3.63) is 0 Å². The molecule has 0 saturated carbocycles. The fraction of sp³-hybridized carbons (Fsp3) is 1.00. The van der Waals surface area contributed by atoms with Gasteiger partial charge in [0, 0.05) is 0 Å². The first kappa shape index (κ1) is 5.03. The van der Waals surface area contributed by atoms with Crippen molar-refractivity contribution in [2.24, 2.45) is 0 Å². The fourth-order valence-electron chi connectivity index (χ4n) is 0.303. The Balaban J connectivity index is 2.33. The molecule has 0 unspecified atom stereocenters. The van der Waals surface area contributed by atoms with Crippen LogP contribution >= 0.6 is 0 Å². The molecule has 7 heavy (non-hydrogen) atoms. The van der Waals surface area contributed by atoms with Crippen LogP contribution in [0.1, 0.15) is 13.8 Å². The molecule has 0 aromatic carbocycles. The van der Waals surface area contributed by atoms with Crippen molar-refractivity contribution in [3.63, 3.8) is 0 Å². The first-order chi connectivity index (χ1) is 3.30.